The van der Waals surface area contributed by atoms with Gasteiger partial charge in [-0.15, -0.1) is 0 Å². The van der Waals surface area contributed by atoms with Crippen LogP contribution in [0.15, 0.2) is 46.9 Å². The van der Waals surface area contributed by atoms with Gasteiger partial charge in [-0.1, -0.05) is 12.1 Å². The molecule has 0 saturated carbocycles. The zero-order valence-corrected chi connectivity index (χ0v) is 10.6. The maximum absolute atomic E-state index is 9.22. The Morgan fingerprint density at radius 3 is 2.74 bits per heavy atom. The van der Waals surface area contributed by atoms with Crippen LogP contribution in [0.1, 0.15) is 11.5 Å². The van der Waals surface area contributed by atoms with E-state index in [4.69, 9.17) is 4.42 Å². The molecule has 0 atom stereocenters. The summed E-state index contributed by atoms with van der Waals surface area (Å²) >= 11 is 0. The molecule has 96 valence electrons. The Labute approximate surface area is 110 Å². The number of aromatic hydroxyl groups is 1. The maximum atomic E-state index is 9.22. The third kappa shape index (κ3) is 2.52. The van der Waals surface area contributed by atoms with Gasteiger partial charge in [0.25, 0.3) is 0 Å². The molecule has 0 aliphatic carbocycles. The average Bonchev–Trinajstić information content (AvgIpc) is 2.77. The zero-order chi connectivity index (χ0) is 13.2. The van der Waals surface area contributed by atoms with E-state index in [-0.39, 0.29) is 5.75 Å². The largest absolute Gasteiger partial charge is 0.508 e. The number of hydrogen-bond acceptors (Lipinski definition) is 4. The van der Waals surface area contributed by atoms with Gasteiger partial charge in [0.2, 0.25) is 0 Å². The lowest BCUT2D eigenvalue weighted by Gasteiger charge is -2.06. The fraction of sp³-hybridized carbons (Fsp3) is 0.133. The van der Waals surface area contributed by atoms with Crippen molar-refractivity contribution in [3.63, 3.8) is 0 Å². The molecule has 1 heterocycles. The molecule has 1 aromatic heterocycles. The molecule has 19 heavy (non-hydrogen) atoms. The topological polar surface area (TPSA) is 58.3 Å². The third-order valence-corrected chi connectivity index (χ3v) is 2.93. The minimum atomic E-state index is 0.281. The third-order valence-electron chi connectivity index (χ3n) is 2.93. The Morgan fingerprint density at radius 2 is 1.95 bits per heavy atom. The number of hydrogen-bond donors (Lipinski definition) is 2. The van der Waals surface area contributed by atoms with Crippen LogP contribution in [0.5, 0.6) is 5.75 Å². The van der Waals surface area contributed by atoms with Gasteiger partial charge >= 0.3 is 0 Å². The zero-order valence-electron chi connectivity index (χ0n) is 10.6. The summed E-state index contributed by atoms with van der Waals surface area (Å²) in [4.78, 5) is 4.30. The SMILES string of the molecule is Cc1nc2cc(NCc3ccc(O)cc3)ccc2o1. The first-order chi connectivity index (χ1) is 9.20. The molecule has 0 saturated heterocycles. The molecule has 3 aromatic rings. The van der Waals surface area contributed by atoms with Crippen molar-refractivity contribution < 1.29 is 9.52 Å². The van der Waals surface area contributed by atoms with Crippen molar-refractivity contribution in [2.75, 3.05) is 5.32 Å². The number of rotatable bonds is 3. The van der Waals surface area contributed by atoms with Crippen molar-refractivity contribution in [1.82, 2.24) is 4.98 Å². The van der Waals surface area contributed by atoms with Gasteiger partial charge < -0.3 is 14.8 Å². The number of phenolic OH excluding ortho intramolecular Hbond substituents is 1. The number of aromatic nitrogens is 1. The van der Waals surface area contributed by atoms with Gasteiger partial charge in [-0.25, -0.2) is 4.98 Å². The van der Waals surface area contributed by atoms with Crippen molar-refractivity contribution in [2.45, 2.75) is 13.5 Å². The van der Waals surface area contributed by atoms with Gasteiger partial charge in [-0.3, -0.25) is 0 Å². The van der Waals surface area contributed by atoms with Gasteiger partial charge in [-0.05, 0) is 35.9 Å². The molecule has 0 aliphatic heterocycles. The number of phenols is 1. The van der Waals surface area contributed by atoms with Crippen LogP contribution in [0, 0.1) is 6.92 Å². The van der Waals surface area contributed by atoms with Crippen LogP contribution in [-0.4, -0.2) is 10.1 Å². The fourth-order valence-electron chi connectivity index (χ4n) is 1.97. The first-order valence-electron chi connectivity index (χ1n) is 6.10. The highest BCUT2D eigenvalue weighted by Crippen LogP contribution is 2.20. The number of aryl methyl sites for hydroxylation is 1. The van der Waals surface area contributed by atoms with Crippen molar-refractivity contribution in [1.29, 1.82) is 0 Å². The molecule has 4 heteroatoms. The van der Waals surface area contributed by atoms with Crippen LogP contribution < -0.4 is 5.32 Å². The monoisotopic (exact) mass is 254 g/mol. The molecule has 3 rings (SSSR count). The number of oxazole rings is 1. The smallest absolute Gasteiger partial charge is 0.192 e. The van der Waals surface area contributed by atoms with Crippen molar-refractivity contribution in [3.05, 3.63) is 53.9 Å². The molecule has 0 bridgehead atoms. The number of anilines is 1. The molecule has 4 nitrogen and oxygen atoms in total. The summed E-state index contributed by atoms with van der Waals surface area (Å²) < 4.78 is 5.43. The van der Waals surface area contributed by atoms with Gasteiger partial charge in [0.15, 0.2) is 11.5 Å². The fourth-order valence-corrected chi connectivity index (χ4v) is 1.97. The number of benzene rings is 2. The lowest BCUT2D eigenvalue weighted by Crippen LogP contribution is -1.98. The summed E-state index contributed by atoms with van der Waals surface area (Å²) in [6, 6.07) is 13.0. The standard InChI is InChI=1S/C15H14N2O2/c1-10-17-14-8-12(4-7-15(14)19-10)16-9-11-2-5-13(18)6-3-11/h2-8,16,18H,9H2,1H3. The minimum Gasteiger partial charge on any atom is -0.508 e. The van der Waals surface area contributed by atoms with Gasteiger partial charge in [0.05, 0.1) is 0 Å². The summed E-state index contributed by atoms with van der Waals surface area (Å²) in [5.41, 5.74) is 3.75. The quantitative estimate of drug-likeness (QED) is 0.751. The highest BCUT2D eigenvalue weighted by molar-refractivity contribution is 5.77. The predicted octanol–water partition coefficient (Wildman–Crippen LogP) is 3.45. The average molecular weight is 254 g/mol. The van der Waals surface area contributed by atoms with Crippen molar-refractivity contribution in [2.24, 2.45) is 0 Å². The summed E-state index contributed by atoms with van der Waals surface area (Å²) in [5.74, 6) is 0.953. The molecule has 0 amide bonds. The molecular formula is C15H14N2O2. The van der Waals surface area contributed by atoms with Crippen LogP contribution >= 0.6 is 0 Å². The van der Waals surface area contributed by atoms with E-state index in [1.165, 1.54) is 0 Å². The van der Waals surface area contributed by atoms with E-state index in [1.807, 2.05) is 37.3 Å². The molecule has 2 aromatic carbocycles. The van der Waals surface area contributed by atoms with E-state index in [0.29, 0.717) is 12.4 Å². The molecule has 0 radical (unpaired) electrons. The first kappa shape index (κ1) is 11.6. The Hall–Kier alpha value is -2.49. The predicted molar refractivity (Wildman–Crippen MR) is 74.2 cm³/mol. The van der Waals surface area contributed by atoms with E-state index in [1.54, 1.807) is 12.1 Å². The number of nitrogens with zero attached hydrogens (tertiary/aromatic N) is 1. The van der Waals surface area contributed by atoms with Crippen LogP contribution in [0.2, 0.25) is 0 Å². The van der Waals surface area contributed by atoms with Gasteiger partial charge in [0, 0.05) is 19.2 Å². The van der Waals surface area contributed by atoms with Gasteiger partial charge in [0.1, 0.15) is 11.3 Å². The molecule has 2 N–H and O–H groups in total. The van der Waals surface area contributed by atoms with Crippen LogP contribution in [0.25, 0.3) is 11.1 Å². The normalized spacial score (nSPS) is 10.8. The second-order valence-corrected chi connectivity index (χ2v) is 4.44. The van der Waals surface area contributed by atoms with Crippen LogP contribution in [0.4, 0.5) is 5.69 Å². The van der Waals surface area contributed by atoms with E-state index < -0.39 is 0 Å². The Bertz CT molecular complexity index is 702. The first-order valence-corrected chi connectivity index (χ1v) is 6.10. The summed E-state index contributed by atoms with van der Waals surface area (Å²) in [6.07, 6.45) is 0. The maximum Gasteiger partial charge on any atom is 0.192 e. The second-order valence-electron chi connectivity index (χ2n) is 4.44. The lowest BCUT2D eigenvalue weighted by molar-refractivity contribution is 0.475. The number of nitrogens with one attached hydrogen (secondary N) is 1. The minimum absolute atomic E-state index is 0.281. The van der Waals surface area contributed by atoms with E-state index in [0.717, 1.165) is 22.4 Å². The second kappa shape index (κ2) is 4.65. The molecule has 0 unspecified atom stereocenters. The highest BCUT2D eigenvalue weighted by Gasteiger charge is 2.03. The molecule has 0 aliphatic rings. The molecular weight excluding hydrogens is 240 g/mol. The Morgan fingerprint density at radius 1 is 1.16 bits per heavy atom. The van der Waals surface area contributed by atoms with Crippen molar-refractivity contribution in [3.8, 4) is 5.75 Å². The Kier molecular flexibility index (Phi) is 2.83. The van der Waals surface area contributed by atoms with Gasteiger partial charge in [-0.2, -0.15) is 0 Å². The van der Waals surface area contributed by atoms with E-state index in [9.17, 15) is 5.11 Å². The Balaban J connectivity index is 1.75. The summed E-state index contributed by atoms with van der Waals surface area (Å²) in [7, 11) is 0. The molecule has 0 fully saturated rings. The van der Waals surface area contributed by atoms with Crippen LogP contribution in [-0.2, 0) is 6.54 Å². The highest BCUT2D eigenvalue weighted by atomic mass is 16.3. The lowest BCUT2D eigenvalue weighted by atomic mass is 10.2. The van der Waals surface area contributed by atoms with Crippen molar-refractivity contribution >= 4 is 16.8 Å². The van der Waals surface area contributed by atoms with E-state index >= 15 is 0 Å². The molecule has 0 spiro atoms. The summed E-state index contributed by atoms with van der Waals surface area (Å²) in [5, 5.41) is 12.5. The summed E-state index contributed by atoms with van der Waals surface area (Å²) in [6.45, 7) is 2.53. The number of fused-ring (bicyclic) bond motifs is 1. The van der Waals surface area contributed by atoms with E-state index in [2.05, 4.69) is 10.3 Å². The van der Waals surface area contributed by atoms with Crippen LogP contribution in [0.3, 0.4) is 0 Å².